The van der Waals surface area contributed by atoms with Crippen LogP contribution in [-0.2, 0) is 11.3 Å². The number of halogens is 2. The summed E-state index contributed by atoms with van der Waals surface area (Å²) in [7, 11) is 0. The molecule has 0 aromatic heterocycles. The lowest BCUT2D eigenvalue weighted by Gasteiger charge is -2.22. The second kappa shape index (κ2) is 6.25. The predicted octanol–water partition coefficient (Wildman–Crippen LogP) is 3.14. The molecule has 1 saturated carbocycles. The second-order valence-corrected chi connectivity index (χ2v) is 4.86. The minimum absolute atomic E-state index is 0.00382. The highest BCUT2D eigenvalue weighted by Gasteiger charge is 2.21. The molecule has 1 aromatic carbocycles. The van der Waals surface area contributed by atoms with Crippen LogP contribution in [0.4, 0.5) is 8.78 Å². The molecule has 2 atom stereocenters. The minimum atomic E-state index is -0.832. The molecular formula is C14H19F2NO. The Morgan fingerprint density at radius 1 is 1.17 bits per heavy atom. The molecule has 18 heavy (non-hydrogen) atoms. The van der Waals surface area contributed by atoms with Gasteiger partial charge in [-0.15, -0.1) is 0 Å². The summed E-state index contributed by atoms with van der Waals surface area (Å²) in [6.07, 6.45) is 5.17. The molecule has 0 spiro atoms. The summed E-state index contributed by atoms with van der Waals surface area (Å²) in [4.78, 5) is 0. The fourth-order valence-corrected chi connectivity index (χ4v) is 2.37. The van der Waals surface area contributed by atoms with E-state index in [1.54, 1.807) is 6.07 Å². The molecule has 1 aromatic rings. The topological polar surface area (TPSA) is 35.2 Å². The van der Waals surface area contributed by atoms with Gasteiger partial charge in [-0.1, -0.05) is 31.4 Å². The molecule has 0 heterocycles. The van der Waals surface area contributed by atoms with Crippen molar-refractivity contribution in [1.82, 2.24) is 0 Å². The van der Waals surface area contributed by atoms with Gasteiger partial charge in [0.05, 0.1) is 12.7 Å². The molecule has 2 nitrogen and oxygen atoms in total. The van der Waals surface area contributed by atoms with E-state index in [0.717, 1.165) is 31.7 Å². The van der Waals surface area contributed by atoms with Crippen LogP contribution in [0.25, 0.3) is 0 Å². The van der Waals surface area contributed by atoms with Crippen LogP contribution in [0.3, 0.4) is 0 Å². The van der Waals surface area contributed by atoms with E-state index in [0.29, 0.717) is 0 Å². The van der Waals surface area contributed by atoms with E-state index in [1.807, 2.05) is 0 Å². The van der Waals surface area contributed by atoms with Crippen molar-refractivity contribution in [1.29, 1.82) is 0 Å². The number of benzene rings is 1. The largest absolute Gasteiger partial charge is 0.372 e. The quantitative estimate of drug-likeness (QED) is 0.842. The molecule has 0 aliphatic heterocycles. The molecule has 1 aliphatic carbocycles. The van der Waals surface area contributed by atoms with Crippen LogP contribution in [0.1, 0.15) is 37.7 Å². The first-order valence-corrected chi connectivity index (χ1v) is 6.48. The molecule has 2 unspecified atom stereocenters. The van der Waals surface area contributed by atoms with E-state index >= 15 is 0 Å². The molecule has 4 heteroatoms. The SMILES string of the molecule is NC1CCCCCC1OCc1cccc(F)c1F. The third-order valence-electron chi connectivity index (χ3n) is 3.49. The molecule has 0 bridgehead atoms. The van der Waals surface area contributed by atoms with Crippen LogP contribution in [0.15, 0.2) is 18.2 Å². The van der Waals surface area contributed by atoms with Crippen molar-refractivity contribution in [2.75, 3.05) is 0 Å². The van der Waals surface area contributed by atoms with Crippen LogP contribution >= 0.6 is 0 Å². The highest BCUT2D eigenvalue weighted by molar-refractivity contribution is 5.18. The van der Waals surface area contributed by atoms with Crippen molar-refractivity contribution in [3.8, 4) is 0 Å². The van der Waals surface area contributed by atoms with Crippen molar-refractivity contribution < 1.29 is 13.5 Å². The van der Waals surface area contributed by atoms with Crippen LogP contribution in [-0.4, -0.2) is 12.1 Å². The summed E-state index contributed by atoms with van der Waals surface area (Å²) in [5.74, 6) is -1.65. The van der Waals surface area contributed by atoms with Gasteiger partial charge in [-0.05, 0) is 18.9 Å². The zero-order chi connectivity index (χ0) is 13.0. The summed E-state index contributed by atoms with van der Waals surface area (Å²) >= 11 is 0. The minimum Gasteiger partial charge on any atom is -0.372 e. The molecule has 0 radical (unpaired) electrons. The first kappa shape index (κ1) is 13.4. The average Bonchev–Trinajstić information content (AvgIpc) is 2.56. The molecule has 0 amide bonds. The highest BCUT2D eigenvalue weighted by atomic mass is 19.2. The number of hydrogen-bond donors (Lipinski definition) is 1. The first-order valence-electron chi connectivity index (χ1n) is 6.48. The molecule has 100 valence electrons. The second-order valence-electron chi connectivity index (χ2n) is 4.86. The van der Waals surface area contributed by atoms with Gasteiger partial charge < -0.3 is 10.5 Å². The van der Waals surface area contributed by atoms with Gasteiger partial charge in [-0.2, -0.15) is 0 Å². The summed E-state index contributed by atoms with van der Waals surface area (Å²) < 4.78 is 32.1. The highest BCUT2D eigenvalue weighted by Crippen LogP contribution is 2.21. The van der Waals surface area contributed by atoms with E-state index in [-0.39, 0.29) is 24.3 Å². The van der Waals surface area contributed by atoms with Crippen LogP contribution in [0.5, 0.6) is 0 Å². The van der Waals surface area contributed by atoms with Gasteiger partial charge in [-0.25, -0.2) is 8.78 Å². The number of rotatable bonds is 3. The Hall–Kier alpha value is -1.00. The van der Waals surface area contributed by atoms with Gasteiger partial charge in [0.2, 0.25) is 0 Å². The van der Waals surface area contributed by atoms with Gasteiger partial charge in [0.25, 0.3) is 0 Å². The van der Waals surface area contributed by atoms with Crippen molar-refractivity contribution in [2.45, 2.75) is 50.9 Å². The van der Waals surface area contributed by atoms with Gasteiger partial charge in [0.15, 0.2) is 11.6 Å². The van der Waals surface area contributed by atoms with Crippen LogP contribution in [0, 0.1) is 11.6 Å². The van der Waals surface area contributed by atoms with E-state index in [4.69, 9.17) is 10.5 Å². The molecule has 0 saturated heterocycles. The van der Waals surface area contributed by atoms with Gasteiger partial charge in [0.1, 0.15) is 0 Å². The Kier molecular flexibility index (Phi) is 4.66. The third kappa shape index (κ3) is 3.27. The first-order chi connectivity index (χ1) is 8.68. The van der Waals surface area contributed by atoms with E-state index in [9.17, 15) is 8.78 Å². The van der Waals surface area contributed by atoms with Crippen LogP contribution < -0.4 is 5.73 Å². The standard InChI is InChI=1S/C14H19F2NO/c15-11-6-4-5-10(14(11)16)9-18-13-8-3-1-2-7-12(13)17/h4-6,12-13H,1-3,7-9,17H2. The van der Waals surface area contributed by atoms with Crippen LogP contribution in [0.2, 0.25) is 0 Å². The van der Waals surface area contributed by atoms with Gasteiger partial charge in [-0.3, -0.25) is 0 Å². The molecule has 2 rings (SSSR count). The zero-order valence-corrected chi connectivity index (χ0v) is 10.4. The Morgan fingerprint density at radius 3 is 2.78 bits per heavy atom. The fraction of sp³-hybridized carbons (Fsp3) is 0.571. The van der Waals surface area contributed by atoms with E-state index < -0.39 is 11.6 Å². The molecular weight excluding hydrogens is 236 g/mol. The van der Waals surface area contributed by atoms with E-state index in [1.165, 1.54) is 12.5 Å². The lowest BCUT2D eigenvalue weighted by Crippen LogP contribution is -2.35. The monoisotopic (exact) mass is 255 g/mol. The number of hydrogen-bond acceptors (Lipinski definition) is 2. The molecule has 1 aliphatic rings. The predicted molar refractivity (Wildman–Crippen MR) is 66.0 cm³/mol. The summed E-state index contributed by atoms with van der Waals surface area (Å²) in [6.45, 7) is 0.0853. The van der Waals surface area contributed by atoms with Gasteiger partial charge in [0, 0.05) is 11.6 Å². The Morgan fingerprint density at radius 2 is 1.94 bits per heavy atom. The van der Waals surface area contributed by atoms with Crippen molar-refractivity contribution in [2.24, 2.45) is 5.73 Å². The maximum absolute atomic E-state index is 13.4. The number of nitrogens with two attached hydrogens (primary N) is 1. The lowest BCUT2D eigenvalue weighted by atomic mass is 10.1. The van der Waals surface area contributed by atoms with Crippen molar-refractivity contribution >= 4 is 0 Å². The average molecular weight is 255 g/mol. The van der Waals surface area contributed by atoms with E-state index in [2.05, 4.69) is 0 Å². The zero-order valence-electron chi connectivity index (χ0n) is 10.4. The van der Waals surface area contributed by atoms with Crippen molar-refractivity contribution in [3.63, 3.8) is 0 Å². The Balaban J connectivity index is 1.95. The lowest BCUT2D eigenvalue weighted by molar-refractivity contribution is 0.0179. The molecule has 1 fully saturated rings. The fourth-order valence-electron chi connectivity index (χ4n) is 2.37. The Bertz CT molecular complexity index is 397. The molecule has 2 N–H and O–H groups in total. The maximum Gasteiger partial charge on any atom is 0.164 e. The maximum atomic E-state index is 13.4. The summed E-state index contributed by atoms with van der Waals surface area (Å²) in [6, 6.07) is 4.14. The normalized spacial score (nSPS) is 24.8. The number of ether oxygens (including phenoxy) is 1. The Labute approximate surface area is 106 Å². The smallest absolute Gasteiger partial charge is 0.164 e. The third-order valence-corrected chi connectivity index (χ3v) is 3.49. The van der Waals surface area contributed by atoms with Gasteiger partial charge >= 0.3 is 0 Å². The van der Waals surface area contributed by atoms with Crippen molar-refractivity contribution in [3.05, 3.63) is 35.4 Å². The summed E-state index contributed by atoms with van der Waals surface area (Å²) in [5, 5.41) is 0. The summed E-state index contributed by atoms with van der Waals surface area (Å²) in [5.41, 5.74) is 6.27.